The van der Waals surface area contributed by atoms with Gasteiger partial charge in [-0.2, -0.15) is 0 Å². The molecule has 1 aliphatic carbocycles. The maximum Gasteiger partial charge on any atom is 0.407 e. The molecule has 1 saturated carbocycles. The number of alkyl carbamates (subject to hydrolysis) is 1. The number of benzene rings is 1. The lowest BCUT2D eigenvalue weighted by atomic mass is 10.1. The van der Waals surface area contributed by atoms with E-state index in [1.54, 1.807) is 11.0 Å². The molecule has 1 saturated heterocycles. The van der Waals surface area contributed by atoms with Crippen LogP contribution in [0.5, 0.6) is 0 Å². The van der Waals surface area contributed by atoms with Crippen LogP contribution in [0.2, 0.25) is 0 Å². The van der Waals surface area contributed by atoms with Gasteiger partial charge in [-0.3, -0.25) is 4.79 Å². The zero-order valence-corrected chi connectivity index (χ0v) is 12.4. The van der Waals surface area contributed by atoms with Crippen molar-refractivity contribution in [3.63, 3.8) is 0 Å². The largest absolute Gasteiger partial charge is 0.444 e. The summed E-state index contributed by atoms with van der Waals surface area (Å²) < 4.78 is 19.1. The first-order chi connectivity index (χ1) is 10.4. The Bertz CT molecular complexity index is 620. The first-order valence-corrected chi connectivity index (χ1v) is 7.19. The summed E-state index contributed by atoms with van der Waals surface area (Å²) in [6.45, 7) is 0. The lowest BCUT2D eigenvalue weighted by molar-refractivity contribution is 0.0658. The van der Waals surface area contributed by atoms with Crippen molar-refractivity contribution in [2.45, 2.75) is 31.0 Å². The number of amides is 2. The number of nitrogens with one attached hydrogen (secondary N) is 2. The van der Waals surface area contributed by atoms with Gasteiger partial charge in [-0.05, 0) is 24.6 Å². The second kappa shape index (κ2) is 5.47. The number of nitrogens with zero attached hydrogens (tertiary/aromatic N) is 1. The highest BCUT2D eigenvalue weighted by Crippen LogP contribution is 2.27. The predicted octanol–water partition coefficient (Wildman–Crippen LogP) is 1.26. The van der Waals surface area contributed by atoms with Crippen LogP contribution in [0.1, 0.15) is 23.2 Å². The maximum absolute atomic E-state index is 13.9. The van der Waals surface area contributed by atoms with Gasteiger partial charge in [0.25, 0.3) is 5.91 Å². The van der Waals surface area contributed by atoms with Gasteiger partial charge in [0.15, 0.2) is 0 Å². The fourth-order valence-corrected chi connectivity index (χ4v) is 2.95. The number of hydrogen-bond donors (Lipinski definition) is 2. The Balaban J connectivity index is 1.75. The van der Waals surface area contributed by atoms with E-state index in [2.05, 4.69) is 10.6 Å². The van der Waals surface area contributed by atoms with Crippen molar-refractivity contribution < 1.29 is 18.7 Å². The second-order valence-corrected chi connectivity index (χ2v) is 5.89. The molecule has 2 aliphatic rings. The summed E-state index contributed by atoms with van der Waals surface area (Å²) in [7, 11) is 3.64. The van der Waals surface area contributed by atoms with Gasteiger partial charge in [-0.15, -0.1) is 0 Å². The fraction of sp³-hybridized carbons (Fsp3) is 0.467. The van der Waals surface area contributed by atoms with Crippen molar-refractivity contribution in [1.82, 2.24) is 10.6 Å². The van der Waals surface area contributed by atoms with Crippen molar-refractivity contribution in [2.75, 3.05) is 19.0 Å². The number of halogens is 1. The summed E-state index contributed by atoms with van der Waals surface area (Å²) in [5.74, 6) is -1.06. The first-order valence-electron chi connectivity index (χ1n) is 7.19. The molecule has 22 heavy (non-hydrogen) atoms. The van der Waals surface area contributed by atoms with E-state index >= 15 is 0 Å². The van der Waals surface area contributed by atoms with E-state index in [1.807, 2.05) is 14.1 Å². The molecule has 2 bridgehead atoms. The number of anilines is 1. The Morgan fingerprint density at radius 3 is 2.91 bits per heavy atom. The molecule has 118 valence electrons. The van der Waals surface area contributed by atoms with Gasteiger partial charge in [-0.1, -0.05) is 0 Å². The third kappa shape index (κ3) is 2.70. The average Bonchev–Trinajstić information content (AvgIpc) is 2.73. The van der Waals surface area contributed by atoms with Gasteiger partial charge >= 0.3 is 6.09 Å². The fourth-order valence-electron chi connectivity index (χ4n) is 2.95. The summed E-state index contributed by atoms with van der Waals surface area (Å²) in [5, 5.41) is 5.47. The van der Waals surface area contributed by atoms with Crippen molar-refractivity contribution >= 4 is 17.7 Å². The number of fused-ring (bicyclic) bond motifs is 2. The molecule has 0 spiro atoms. The highest BCUT2D eigenvalue weighted by Gasteiger charge is 2.42. The van der Waals surface area contributed by atoms with E-state index in [9.17, 15) is 14.0 Å². The number of carbonyl (C=O) groups is 2. The van der Waals surface area contributed by atoms with E-state index in [-0.39, 0.29) is 23.8 Å². The molecule has 1 aromatic carbocycles. The molecule has 6 nitrogen and oxygen atoms in total. The van der Waals surface area contributed by atoms with Gasteiger partial charge in [0.1, 0.15) is 11.9 Å². The molecular formula is C15H18FN3O3. The highest BCUT2D eigenvalue weighted by molar-refractivity contribution is 5.95. The molecule has 1 aromatic rings. The molecule has 2 N–H and O–H groups in total. The Morgan fingerprint density at radius 2 is 2.18 bits per heavy atom. The normalized spacial score (nSPS) is 26.1. The lowest BCUT2D eigenvalue weighted by Gasteiger charge is -2.23. The van der Waals surface area contributed by atoms with Crippen molar-refractivity contribution in [3.05, 3.63) is 29.6 Å². The standard InChI is InChI=1S/C15H18FN3O3/c1-19(2)9-3-4-11(16)10(7-9)14(20)18-12-5-8-6-13(12)22-15(21)17-8/h3-4,7-8,12-13H,5-6H2,1-2H3,(H,17,21)(H,18,20)/t8-,12-,13-/m1/s1. The Hall–Kier alpha value is -2.31. The van der Waals surface area contributed by atoms with E-state index in [0.29, 0.717) is 12.8 Å². The van der Waals surface area contributed by atoms with Crippen LogP contribution < -0.4 is 15.5 Å². The molecule has 2 fully saturated rings. The molecule has 3 rings (SSSR count). The summed E-state index contributed by atoms with van der Waals surface area (Å²) >= 11 is 0. The molecule has 0 unspecified atom stereocenters. The van der Waals surface area contributed by atoms with E-state index < -0.39 is 17.8 Å². The van der Waals surface area contributed by atoms with Crippen molar-refractivity contribution in [1.29, 1.82) is 0 Å². The van der Waals surface area contributed by atoms with Gasteiger partial charge in [0.05, 0.1) is 11.6 Å². The van der Waals surface area contributed by atoms with E-state index in [1.165, 1.54) is 12.1 Å². The zero-order valence-electron chi connectivity index (χ0n) is 12.4. The van der Waals surface area contributed by atoms with Crippen LogP contribution in [0.25, 0.3) is 0 Å². The highest BCUT2D eigenvalue weighted by atomic mass is 19.1. The molecule has 1 heterocycles. The maximum atomic E-state index is 13.9. The van der Waals surface area contributed by atoms with Crippen molar-refractivity contribution in [3.8, 4) is 0 Å². The van der Waals surface area contributed by atoms with Crippen LogP contribution in [0.4, 0.5) is 14.9 Å². The molecule has 3 atom stereocenters. The zero-order chi connectivity index (χ0) is 15.9. The molecule has 0 aromatic heterocycles. The molecule has 0 radical (unpaired) electrons. The molecule has 7 heteroatoms. The molecule has 2 amide bonds. The number of rotatable bonds is 3. The van der Waals surface area contributed by atoms with Gasteiger partial charge in [0, 0.05) is 32.2 Å². The minimum absolute atomic E-state index is 0.00747. The van der Waals surface area contributed by atoms with Crippen molar-refractivity contribution in [2.24, 2.45) is 0 Å². The number of carbonyl (C=O) groups excluding carboxylic acids is 2. The summed E-state index contributed by atoms with van der Waals surface area (Å²) in [4.78, 5) is 25.4. The quantitative estimate of drug-likeness (QED) is 0.882. The average molecular weight is 307 g/mol. The van der Waals surface area contributed by atoms with E-state index in [0.717, 1.165) is 5.69 Å². The number of hydrogen-bond acceptors (Lipinski definition) is 4. The Labute approximate surface area is 127 Å². The topological polar surface area (TPSA) is 70.7 Å². The van der Waals surface area contributed by atoms with Crippen LogP contribution in [0, 0.1) is 5.82 Å². The van der Waals surface area contributed by atoms with Gasteiger partial charge in [0.2, 0.25) is 0 Å². The first kappa shape index (κ1) is 14.6. The van der Waals surface area contributed by atoms with Crippen LogP contribution in [-0.4, -0.2) is 44.3 Å². The SMILES string of the molecule is CN(C)c1ccc(F)c(C(=O)N[C@@H]2C[C@@H]3C[C@H]2OC(=O)N3)c1. The minimum atomic E-state index is -0.570. The van der Waals surface area contributed by atoms with E-state index in [4.69, 9.17) is 4.74 Å². The summed E-state index contributed by atoms with van der Waals surface area (Å²) in [6.07, 6.45) is 0.454. The summed E-state index contributed by atoms with van der Waals surface area (Å²) in [5.41, 5.74) is 0.733. The van der Waals surface area contributed by atoms with Crippen LogP contribution in [0.15, 0.2) is 18.2 Å². The van der Waals surface area contributed by atoms with Crippen LogP contribution in [0.3, 0.4) is 0 Å². The third-order valence-electron chi connectivity index (χ3n) is 4.11. The number of ether oxygens (including phenoxy) is 1. The minimum Gasteiger partial charge on any atom is -0.444 e. The van der Waals surface area contributed by atoms with Gasteiger partial charge in [-0.25, -0.2) is 9.18 Å². The Morgan fingerprint density at radius 1 is 1.41 bits per heavy atom. The van der Waals surface area contributed by atoms with Crippen LogP contribution >= 0.6 is 0 Å². The predicted molar refractivity (Wildman–Crippen MR) is 78.4 cm³/mol. The molecular weight excluding hydrogens is 289 g/mol. The lowest BCUT2D eigenvalue weighted by Crippen LogP contribution is -2.44. The molecule has 1 aliphatic heterocycles. The third-order valence-corrected chi connectivity index (χ3v) is 4.11. The van der Waals surface area contributed by atoms with Gasteiger partial charge < -0.3 is 20.3 Å². The summed E-state index contributed by atoms with van der Waals surface area (Å²) in [6, 6.07) is 4.11. The van der Waals surface area contributed by atoms with Crippen LogP contribution in [-0.2, 0) is 4.74 Å². The second-order valence-electron chi connectivity index (χ2n) is 5.89. The monoisotopic (exact) mass is 307 g/mol. The Kier molecular flexibility index (Phi) is 3.64. The smallest absolute Gasteiger partial charge is 0.407 e.